The van der Waals surface area contributed by atoms with Crippen molar-refractivity contribution < 1.29 is 4.79 Å². The molecule has 0 aromatic carbocycles. The van der Waals surface area contributed by atoms with Gasteiger partial charge in [-0.2, -0.15) is 0 Å². The minimum atomic E-state index is 0.255. The second kappa shape index (κ2) is 6.89. The molecule has 16 heavy (non-hydrogen) atoms. The summed E-state index contributed by atoms with van der Waals surface area (Å²) in [5, 5.41) is 3.37. The minimum Gasteiger partial charge on any atom is -0.340 e. The van der Waals surface area contributed by atoms with Crippen LogP contribution in [-0.4, -0.2) is 36.5 Å². The van der Waals surface area contributed by atoms with Gasteiger partial charge in [-0.3, -0.25) is 4.79 Å². The van der Waals surface area contributed by atoms with Gasteiger partial charge in [-0.05, 0) is 19.8 Å². The SMILES string of the molecule is CCCC[C@H](CC)C(=O)N1CCN[C@H](C)C1. The van der Waals surface area contributed by atoms with Crippen LogP contribution in [0.2, 0.25) is 0 Å². The monoisotopic (exact) mass is 226 g/mol. The number of hydrogen-bond acceptors (Lipinski definition) is 2. The average Bonchev–Trinajstić information content (AvgIpc) is 2.29. The number of piperazine rings is 1. The molecular weight excluding hydrogens is 200 g/mol. The first kappa shape index (κ1) is 13.5. The number of unbranched alkanes of at least 4 members (excludes halogenated alkanes) is 1. The summed E-state index contributed by atoms with van der Waals surface area (Å²) in [6.45, 7) is 9.16. The van der Waals surface area contributed by atoms with E-state index in [1.165, 1.54) is 12.8 Å². The third-order valence-corrected chi connectivity index (χ3v) is 3.43. The molecule has 3 heteroatoms. The van der Waals surface area contributed by atoms with E-state index in [-0.39, 0.29) is 5.92 Å². The first-order valence-corrected chi connectivity index (χ1v) is 6.71. The predicted octanol–water partition coefficient (Wildman–Crippen LogP) is 2.02. The predicted molar refractivity (Wildman–Crippen MR) is 67.4 cm³/mol. The second-order valence-corrected chi connectivity index (χ2v) is 4.89. The van der Waals surface area contributed by atoms with Gasteiger partial charge in [-0.1, -0.05) is 26.7 Å². The fourth-order valence-electron chi connectivity index (χ4n) is 2.34. The van der Waals surface area contributed by atoms with E-state index in [9.17, 15) is 4.79 Å². The molecule has 1 amide bonds. The molecule has 2 atom stereocenters. The number of carbonyl (C=O) groups is 1. The Morgan fingerprint density at radius 2 is 2.25 bits per heavy atom. The van der Waals surface area contributed by atoms with Crippen LogP contribution in [0.25, 0.3) is 0 Å². The van der Waals surface area contributed by atoms with Crippen LogP contribution in [0, 0.1) is 5.92 Å². The summed E-state index contributed by atoms with van der Waals surface area (Å²) in [6, 6.07) is 0.446. The summed E-state index contributed by atoms with van der Waals surface area (Å²) in [5.74, 6) is 0.634. The van der Waals surface area contributed by atoms with Crippen molar-refractivity contribution in [3.8, 4) is 0 Å². The van der Waals surface area contributed by atoms with E-state index < -0.39 is 0 Å². The number of hydrogen-bond donors (Lipinski definition) is 1. The molecule has 3 nitrogen and oxygen atoms in total. The van der Waals surface area contributed by atoms with Gasteiger partial charge in [0, 0.05) is 31.6 Å². The number of amides is 1. The maximum absolute atomic E-state index is 12.3. The highest BCUT2D eigenvalue weighted by molar-refractivity contribution is 5.79. The zero-order chi connectivity index (χ0) is 12.0. The van der Waals surface area contributed by atoms with Crippen LogP contribution in [0.15, 0.2) is 0 Å². The summed E-state index contributed by atoms with van der Waals surface area (Å²) < 4.78 is 0. The number of nitrogens with zero attached hydrogens (tertiary/aromatic N) is 1. The maximum atomic E-state index is 12.3. The van der Waals surface area contributed by atoms with Crippen molar-refractivity contribution in [3.63, 3.8) is 0 Å². The molecule has 1 rings (SSSR count). The average molecular weight is 226 g/mol. The third-order valence-electron chi connectivity index (χ3n) is 3.43. The lowest BCUT2D eigenvalue weighted by Gasteiger charge is -2.34. The molecule has 1 aliphatic rings. The van der Waals surface area contributed by atoms with Gasteiger partial charge in [0.05, 0.1) is 0 Å². The van der Waals surface area contributed by atoms with Crippen molar-refractivity contribution in [1.29, 1.82) is 0 Å². The summed E-state index contributed by atoms with van der Waals surface area (Å²) in [6.07, 6.45) is 4.40. The van der Waals surface area contributed by atoms with E-state index in [4.69, 9.17) is 0 Å². The third kappa shape index (κ3) is 3.78. The lowest BCUT2D eigenvalue weighted by Crippen LogP contribution is -2.52. The molecule has 0 saturated carbocycles. The number of carbonyl (C=O) groups excluding carboxylic acids is 1. The molecule has 1 N–H and O–H groups in total. The zero-order valence-corrected chi connectivity index (χ0v) is 11.0. The van der Waals surface area contributed by atoms with Crippen LogP contribution >= 0.6 is 0 Å². The van der Waals surface area contributed by atoms with Crippen molar-refractivity contribution in [3.05, 3.63) is 0 Å². The molecule has 0 radical (unpaired) electrons. The van der Waals surface area contributed by atoms with Gasteiger partial charge < -0.3 is 10.2 Å². The largest absolute Gasteiger partial charge is 0.340 e. The first-order chi connectivity index (χ1) is 7.69. The standard InChI is InChI=1S/C13H26N2O/c1-4-6-7-12(5-2)13(16)15-9-8-14-11(3)10-15/h11-12,14H,4-10H2,1-3H3/t11-,12+/m1/s1. The smallest absolute Gasteiger partial charge is 0.225 e. The van der Waals surface area contributed by atoms with Crippen LogP contribution < -0.4 is 5.32 Å². The van der Waals surface area contributed by atoms with E-state index in [1.807, 2.05) is 4.90 Å². The van der Waals surface area contributed by atoms with Crippen molar-refractivity contribution in [2.45, 2.75) is 52.5 Å². The van der Waals surface area contributed by atoms with E-state index in [0.29, 0.717) is 11.9 Å². The highest BCUT2D eigenvalue weighted by atomic mass is 16.2. The molecule has 1 heterocycles. The Balaban J connectivity index is 2.46. The molecule has 0 aromatic heterocycles. The van der Waals surface area contributed by atoms with Gasteiger partial charge in [-0.25, -0.2) is 0 Å². The van der Waals surface area contributed by atoms with Gasteiger partial charge in [0.2, 0.25) is 5.91 Å². The molecular formula is C13H26N2O. The van der Waals surface area contributed by atoms with Crippen molar-refractivity contribution in [2.24, 2.45) is 5.92 Å². The quantitative estimate of drug-likeness (QED) is 0.778. The maximum Gasteiger partial charge on any atom is 0.225 e. The van der Waals surface area contributed by atoms with Gasteiger partial charge in [0.25, 0.3) is 0 Å². The van der Waals surface area contributed by atoms with E-state index in [0.717, 1.165) is 32.5 Å². The highest BCUT2D eigenvalue weighted by Crippen LogP contribution is 2.16. The van der Waals surface area contributed by atoms with Crippen molar-refractivity contribution in [1.82, 2.24) is 10.2 Å². The Labute approximate surface area is 99.6 Å². The molecule has 0 unspecified atom stereocenters. The van der Waals surface area contributed by atoms with E-state index in [2.05, 4.69) is 26.1 Å². The molecule has 1 saturated heterocycles. The fraction of sp³-hybridized carbons (Fsp3) is 0.923. The second-order valence-electron chi connectivity index (χ2n) is 4.89. The fourth-order valence-corrected chi connectivity index (χ4v) is 2.34. The number of rotatable bonds is 5. The summed E-state index contributed by atoms with van der Waals surface area (Å²) in [7, 11) is 0. The minimum absolute atomic E-state index is 0.255. The van der Waals surface area contributed by atoms with Crippen molar-refractivity contribution in [2.75, 3.05) is 19.6 Å². The van der Waals surface area contributed by atoms with E-state index >= 15 is 0 Å². The Morgan fingerprint density at radius 1 is 1.50 bits per heavy atom. The van der Waals surface area contributed by atoms with Crippen molar-refractivity contribution >= 4 is 5.91 Å². The zero-order valence-electron chi connectivity index (χ0n) is 11.0. The molecule has 0 bridgehead atoms. The highest BCUT2D eigenvalue weighted by Gasteiger charge is 2.25. The Bertz CT molecular complexity index is 218. The summed E-state index contributed by atoms with van der Waals surface area (Å²) >= 11 is 0. The number of nitrogens with one attached hydrogen (secondary N) is 1. The van der Waals surface area contributed by atoms with Crippen LogP contribution in [-0.2, 0) is 4.79 Å². The van der Waals surface area contributed by atoms with Gasteiger partial charge in [0.1, 0.15) is 0 Å². The van der Waals surface area contributed by atoms with Gasteiger partial charge >= 0.3 is 0 Å². The lowest BCUT2D eigenvalue weighted by molar-refractivity contribution is -0.137. The first-order valence-electron chi connectivity index (χ1n) is 6.71. The van der Waals surface area contributed by atoms with Crippen LogP contribution in [0.4, 0.5) is 0 Å². The molecule has 0 spiro atoms. The van der Waals surface area contributed by atoms with Crippen LogP contribution in [0.5, 0.6) is 0 Å². The topological polar surface area (TPSA) is 32.3 Å². The molecule has 94 valence electrons. The molecule has 1 fully saturated rings. The molecule has 0 aliphatic carbocycles. The Hall–Kier alpha value is -0.570. The van der Waals surface area contributed by atoms with Gasteiger partial charge in [-0.15, -0.1) is 0 Å². The van der Waals surface area contributed by atoms with Gasteiger partial charge in [0.15, 0.2) is 0 Å². The van der Waals surface area contributed by atoms with E-state index in [1.54, 1.807) is 0 Å². The lowest BCUT2D eigenvalue weighted by atomic mass is 9.97. The Morgan fingerprint density at radius 3 is 2.81 bits per heavy atom. The normalized spacial score (nSPS) is 23.2. The Kier molecular flexibility index (Phi) is 5.81. The molecule has 1 aliphatic heterocycles. The summed E-state index contributed by atoms with van der Waals surface area (Å²) in [5.41, 5.74) is 0. The van der Waals surface area contributed by atoms with Crippen LogP contribution in [0.1, 0.15) is 46.5 Å². The van der Waals surface area contributed by atoms with Crippen LogP contribution in [0.3, 0.4) is 0 Å². The summed E-state index contributed by atoms with van der Waals surface area (Å²) in [4.78, 5) is 14.3. The molecule has 0 aromatic rings.